The van der Waals surface area contributed by atoms with Crippen LogP contribution in [0.1, 0.15) is 53.4 Å². The summed E-state index contributed by atoms with van der Waals surface area (Å²) >= 11 is 0. The zero-order valence-corrected chi connectivity index (χ0v) is 13.4. The van der Waals surface area contributed by atoms with E-state index in [1.807, 2.05) is 32.6 Å². The number of ether oxygens (including phenoxy) is 1. The van der Waals surface area contributed by atoms with Crippen molar-refractivity contribution in [3.8, 4) is 0 Å². The maximum absolute atomic E-state index is 13.0. The Bertz CT molecular complexity index is 353. The smallest absolute Gasteiger partial charge is 0.248 e. The summed E-state index contributed by atoms with van der Waals surface area (Å²) in [5.41, 5.74) is -0.747. The summed E-state index contributed by atoms with van der Waals surface area (Å²) < 4.78 is 5.11. The number of nitrogens with one attached hydrogen (secondary N) is 1. The van der Waals surface area contributed by atoms with Crippen LogP contribution in [0, 0.1) is 0 Å². The Balaban J connectivity index is 3.06. The molecule has 1 heterocycles. The lowest BCUT2D eigenvalue weighted by molar-refractivity contribution is -0.143. The minimum Gasteiger partial charge on any atom is -0.385 e. The topological polar surface area (TPSA) is 58.6 Å². The molecule has 0 radical (unpaired) electrons. The maximum atomic E-state index is 13.0. The summed E-state index contributed by atoms with van der Waals surface area (Å²) in [4.78, 5) is 26.9. The number of rotatable bonds is 6. The van der Waals surface area contributed by atoms with Gasteiger partial charge >= 0.3 is 0 Å². The van der Waals surface area contributed by atoms with Gasteiger partial charge < -0.3 is 15.0 Å². The number of amides is 2. The molecule has 2 amide bonds. The van der Waals surface area contributed by atoms with Gasteiger partial charge in [-0.3, -0.25) is 9.59 Å². The molecule has 1 N–H and O–H groups in total. The van der Waals surface area contributed by atoms with E-state index in [0.29, 0.717) is 25.9 Å². The van der Waals surface area contributed by atoms with E-state index in [0.717, 1.165) is 6.42 Å². The predicted octanol–water partition coefficient (Wildman–Crippen LogP) is 1.71. The van der Waals surface area contributed by atoms with Crippen molar-refractivity contribution in [3.63, 3.8) is 0 Å². The average molecular weight is 284 g/mol. The van der Waals surface area contributed by atoms with Gasteiger partial charge in [-0.2, -0.15) is 0 Å². The number of carbonyl (C=O) groups is 2. The molecule has 0 saturated carbocycles. The van der Waals surface area contributed by atoms with Crippen molar-refractivity contribution in [2.45, 2.75) is 71.0 Å². The second kappa shape index (κ2) is 7.07. The van der Waals surface area contributed by atoms with Crippen LogP contribution in [0.2, 0.25) is 0 Å². The van der Waals surface area contributed by atoms with Crippen molar-refractivity contribution in [1.82, 2.24) is 10.2 Å². The number of carbonyl (C=O) groups excluding carboxylic acids is 2. The van der Waals surface area contributed by atoms with Crippen LogP contribution >= 0.6 is 0 Å². The molecule has 0 aromatic carbocycles. The van der Waals surface area contributed by atoms with Gasteiger partial charge in [-0.1, -0.05) is 13.8 Å². The van der Waals surface area contributed by atoms with E-state index in [1.165, 1.54) is 0 Å². The highest BCUT2D eigenvalue weighted by atomic mass is 16.5. The zero-order chi connectivity index (χ0) is 15.3. The molecule has 5 nitrogen and oxygen atoms in total. The Morgan fingerprint density at radius 1 is 1.40 bits per heavy atom. The van der Waals surface area contributed by atoms with Gasteiger partial charge in [0.25, 0.3) is 0 Å². The second-order valence-electron chi connectivity index (χ2n) is 5.73. The van der Waals surface area contributed by atoms with Crippen molar-refractivity contribution in [2.24, 2.45) is 0 Å². The van der Waals surface area contributed by atoms with Crippen LogP contribution < -0.4 is 5.32 Å². The molecular formula is C15H28N2O3. The maximum Gasteiger partial charge on any atom is 0.248 e. The third kappa shape index (κ3) is 3.32. The van der Waals surface area contributed by atoms with Gasteiger partial charge in [0.2, 0.25) is 11.8 Å². The minimum atomic E-state index is -0.747. The third-order valence-electron chi connectivity index (χ3n) is 4.40. The Labute approximate surface area is 122 Å². The normalized spacial score (nSPS) is 24.2. The van der Waals surface area contributed by atoms with E-state index in [1.54, 1.807) is 7.11 Å². The summed E-state index contributed by atoms with van der Waals surface area (Å²) in [6.45, 7) is 8.50. The number of nitrogens with zero attached hydrogens (tertiary/aromatic N) is 1. The summed E-state index contributed by atoms with van der Waals surface area (Å²) in [5.74, 6) is 0.0143. The van der Waals surface area contributed by atoms with Crippen LogP contribution in [-0.2, 0) is 14.3 Å². The molecule has 1 saturated heterocycles. The molecule has 116 valence electrons. The van der Waals surface area contributed by atoms with Crippen LogP contribution in [0.4, 0.5) is 0 Å². The second-order valence-corrected chi connectivity index (χ2v) is 5.73. The van der Waals surface area contributed by atoms with Gasteiger partial charge in [0.1, 0.15) is 5.54 Å². The molecule has 1 aliphatic rings. The van der Waals surface area contributed by atoms with Crippen LogP contribution in [0.5, 0.6) is 0 Å². The quantitative estimate of drug-likeness (QED) is 0.808. The van der Waals surface area contributed by atoms with Crippen molar-refractivity contribution < 1.29 is 14.3 Å². The fourth-order valence-corrected chi connectivity index (χ4v) is 2.98. The van der Waals surface area contributed by atoms with Crippen LogP contribution in [0.15, 0.2) is 0 Å². The standard InChI is InChI=1S/C15H28N2O3/c1-6-15(7-2)14(19)17(11(3)8-9-20-5)12(4)10-13(18)16-15/h11-12H,6-10H2,1-5H3,(H,16,18). The van der Waals surface area contributed by atoms with Crippen molar-refractivity contribution in [2.75, 3.05) is 13.7 Å². The van der Waals surface area contributed by atoms with Crippen molar-refractivity contribution in [1.29, 1.82) is 0 Å². The molecular weight excluding hydrogens is 256 g/mol. The Hall–Kier alpha value is -1.10. The molecule has 0 bridgehead atoms. The van der Waals surface area contributed by atoms with Gasteiger partial charge in [0.05, 0.1) is 0 Å². The highest BCUT2D eigenvalue weighted by Gasteiger charge is 2.45. The van der Waals surface area contributed by atoms with Gasteiger partial charge in [-0.25, -0.2) is 0 Å². The molecule has 0 aliphatic carbocycles. The van der Waals surface area contributed by atoms with Crippen molar-refractivity contribution in [3.05, 3.63) is 0 Å². The van der Waals surface area contributed by atoms with Gasteiger partial charge in [0, 0.05) is 32.2 Å². The first-order valence-electron chi connectivity index (χ1n) is 7.54. The SMILES string of the molecule is CCC1(CC)NC(=O)CC(C)N(C(C)CCOC)C1=O. The van der Waals surface area contributed by atoms with E-state index in [9.17, 15) is 9.59 Å². The molecule has 0 aromatic rings. The summed E-state index contributed by atoms with van der Waals surface area (Å²) in [5, 5.41) is 2.95. The lowest BCUT2D eigenvalue weighted by Gasteiger charge is -2.39. The monoisotopic (exact) mass is 284 g/mol. The first-order valence-corrected chi connectivity index (χ1v) is 7.54. The highest BCUT2D eigenvalue weighted by molar-refractivity contribution is 5.94. The Morgan fingerprint density at radius 3 is 2.50 bits per heavy atom. The molecule has 2 unspecified atom stereocenters. The van der Waals surface area contributed by atoms with E-state index in [4.69, 9.17) is 4.74 Å². The van der Waals surface area contributed by atoms with Crippen LogP contribution in [0.3, 0.4) is 0 Å². The van der Waals surface area contributed by atoms with E-state index < -0.39 is 5.54 Å². The number of hydrogen-bond acceptors (Lipinski definition) is 3. The van der Waals surface area contributed by atoms with Crippen molar-refractivity contribution >= 4 is 11.8 Å². The molecule has 0 aromatic heterocycles. The van der Waals surface area contributed by atoms with Gasteiger partial charge in [-0.05, 0) is 33.1 Å². The molecule has 1 aliphatic heterocycles. The molecule has 20 heavy (non-hydrogen) atoms. The predicted molar refractivity (Wildman–Crippen MR) is 78.3 cm³/mol. The number of hydrogen-bond donors (Lipinski definition) is 1. The molecule has 1 rings (SSSR count). The van der Waals surface area contributed by atoms with Gasteiger partial charge in [0.15, 0.2) is 0 Å². The van der Waals surface area contributed by atoms with E-state index in [2.05, 4.69) is 5.32 Å². The summed E-state index contributed by atoms with van der Waals surface area (Å²) in [6, 6.07) is -0.00282. The first kappa shape index (κ1) is 17.0. The summed E-state index contributed by atoms with van der Waals surface area (Å²) in [7, 11) is 1.66. The van der Waals surface area contributed by atoms with Gasteiger partial charge in [-0.15, -0.1) is 0 Å². The van der Waals surface area contributed by atoms with Crippen LogP contribution in [0.25, 0.3) is 0 Å². The van der Waals surface area contributed by atoms with E-state index >= 15 is 0 Å². The molecule has 5 heteroatoms. The average Bonchev–Trinajstić information content (AvgIpc) is 2.51. The Morgan fingerprint density at radius 2 is 2.00 bits per heavy atom. The summed E-state index contributed by atoms with van der Waals surface area (Å²) in [6.07, 6.45) is 2.39. The van der Waals surface area contributed by atoms with E-state index in [-0.39, 0.29) is 23.9 Å². The lowest BCUT2D eigenvalue weighted by Crippen LogP contribution is -2.58. The third-order valence-corrected chi connectivity index (χ3v) is 4.40. The fourth-order valence-electron chi connectivity index (χ4n) is 2.98. The largest absolute Gasteiger partial charge is 0.385 e. The Kier molecular flexibility index (Phi) is 5.99. The van der Waals surface area contributed by atoms with Crippen LogP contribution in [-0.4, -0.2) is 48.1 Å². The minimum absolute atomic E-state index is 0.0315. The fraction of sp³-hybridized carbons (Fsp3) is 0.867. The lowest BCUT2D eigenvalue weighted by atomic mass is 9.90. The number of methoxy groups -OCH3 is 1. The first-order chi connectivity index (χ1) is 9.41. The highest BCUT2D eigenvalue weighted by Crippen LogP contribution is 2.27. The molecule has 0 spiro atoms. The molecule has 2 atom stereocenters. The molecule has 1 fully saturated rings. The zero-order valence-electron chi connectivity index (χ0n) is 13.4.